The first-order valence-electron chi connectivity index (χ1n) is 9.37. The summed E-state index contributed by atoms with van der Waals surface area (Å²) in [6.07, 6.45) is 0.923. The van der Waals surface area contributed by atoms with Gasteiger partial charge in [0.2, 0.25) is 5.91 Å². The fraction of sp³-hybridized carbons (Fsp3) is 0.286. The number of nitrogens with zero attached hydrogens (tertiary/aromatic N) is 2. The smallest absolute Gasteiger partial charge is 0.262 e. The lowest BCUT2D eigenvalue weighted by molar-refractivity contribution is -0.115. The van der Waals surface area contributed by atoms with Gasteiger partial charge in [0.25, 0.3) is 5.56 Å². The van der Waals surface area contributed by atoms with Gasteiger partial charge in [0.1, 0.15) is 5.82 Å². The summed E-state index contributed by atoms with van der Waals surface area (Å²) in [5, 5.41) is 12.4. The molecule has 0 saturated heterocycles. The minimum atomic E-state index is -0.492. The van der Waals surface area contributed by atoms with Crippen molar-refractivity contribution < 1.29 is 14.3 Å². The van der Waals surface area contributed by atoms with Crippen LogP contribution in [0.5, 0.6) is 0 Å². The van der Waals surface area contributed by atoms with Crippen LogP contribution in [0, 0.1) is 5.82 Å². The Labute approximate surface area is 171 Å². The predicted octanol–water partition coefficient (Wildman–Crippen LogP) is 3.43. The number of amides is 1. The number of carbonyl (C=O) groups excluding carboxylic acids is 1. The topological polar surface area (TPSA) is 84.2 Å². The van der Waals surface area contributed by atoms with Crippen LogP contribution in [0.1, 0.15) is 19.8 Å². The molecule has 1 aromatic heterocycles. The second-order valence-electron chi connectivity index (χ2n) is 6.46. The molecule has 0 aliphatic carbocycles. The molecule has 3 rings (SSSR count). The van der Waals surface area contributed by atoms with Crippen LogP contribution in [0.4, 0.5) is 10.1 Å². The quantitative estimate of drug-likeness (QED) is 0.435. The van der Waals surface area contributed by atoms with Crippen molar-refractivity contribution in [3.05, 3.63) is 64.7 Å². The number of rotatable bonds is 8. The lowest BCUT2D eigenvalue weighted by Crippen LogP contribution is -2.28. The number of hydrogen-bond donors (Lipinski definition) is 2. The summed E-state index contributed by atoms with van der Waals surface area (Å²) in [6, 6.07) is 12.6. The first kappa shape index (κ1) is 21.0. The molecule has 3 aromatic rings. The maximum Gasteiger partial charge on any atom is 0.262 e. The molecule has 0 spiro atoms. The van der Waals surface area contributed by atoms with Gasteiger partial charge in [0.05, 0.1) is 16.2 Å². The van der Waals surface area contributed by atoms with Crippen LogP contribution in [-0.2, 0) is 11.3 Å². The molecule has 152 valence electrons. The summed E-state index contributed by atoms with van der Waals surface area (Å²) in [7, 11) is 0. The van der Waals surface area contributed by atoms with E-state index in [4.69, 9.17) is 0 Å². The third-order valence-electron chi connectivity index (χ3n) is 4.39. The van der Waals surface area contributed by atoms with Crippen molar-refractivity contribution in [2.45, 2.75) is 36.7 Å². The molecule has 1 amide bonds. The summed E-state index contributed by atoms with van der Waals surface area (Å²) < 4.78 is 14.6. The fourth-order valence-corrected chi connectivity index (χ4v) is 3.91. The summed E-state index contributed by atoms with van der Waals surface area (Å²) in [6.45, 7) is 2.14. The number of para-hydroxylation sites is 1. The molecule has 1 unspecified atom stereocenters. The molecule has 6 nitrogen and oxygen atoms in total. The minimum Gasteiger partial charge on any atom is -0.396 e. The molecule has 2 N–H and O–H groups in total. The highest BCUT2D eigenvalue weighted by Gasteiger charge is 2.22. The number of benzene rings is 2. The summed E-state index contributed by atoms with van der Waals surface area (Å²) in [5.74, 6) is -0.627. The van der Waals surface area contributed by atoms with Gasteiger partial charge in [-0.3, -0.25) is 14.2 Å². The number of carbonyl (C=O) groups is 1. The number of thioether (sulfide) groups is 1. The first-order valence-corrected chi connectivity index (χ1v) is 10.2. The molecule has 1 atom stereocenters. The van der Waals surface area contributed by atoms with E-state index in [9.17, 15) is 19.1 Å². The molecular formula is C21H22FN3O3S. The normalized spacial score (nSPS) is 12.1. The molecule has 0 aliphatic heterocycles. The maximum absolute atomic E-state index is 13.1. The van der Waals surface area contributed by atoms with Gasteiger partial charge >= 0.3 is 0 Å². The van der Waals surface area contributed by atoms with Crippen molar-refractivity contribution in [1.82, 2.24) is 9.55 Å². The highest BCUT2D eigenvalue weighted by molar-refractivity contribution is 8.00. The van der Waals surface area contributed by atoms with E-state index in [2.05, 4.69) is 10.3 Å². The number of aromatic nitrogens is 2. The largest absolute Gasteiger partial charge is 0.396 e. The van der Waals surface area contributed by atoms with Gasteiger partial charge in [-0.25, -0.2) is 9.37 Å². The van der Waals surface area contributed by atoms with Crippen molar-refractivity contribution in [1.29, 1.82) is 0 Å². The van der Waals surface area contributed by atoms with E-state index in [-0.39, 0.29) is 23.9 Å². The van der Waals surface area contributed by atoms with Crippen LogP contribution in [0.2, 0.25) is 0 Å². The van der Waals surface area contributed by atoms with Crippen LogP contribution in [0.25, 0.3) is 10.9 Å². The summed E-state index contributed by atoms with van der Waals surface area (Å²) in [5.41, 5.74) is 0.869. The Morgan fingerprint density at radius 3 is 2.66 bits per heavy atom. The van der Waals surface area contributed by atoms with Gasteiger partial charge in [-0.1, -0.05) is 30.8 Å². The highest BCUT2D eigenvalue weighted by Crippen LogP contribution is 2.26. The Kier molecular flexibility index (Phi) is 7.00. The molecule has 1 heterocycles. The predicted molar refractivity (Wildman–Crippen MR) is 113 cm³/mol. The fourth-order valence-electron chi connectivity index (χ4n) is 2.87. The van der Waals surface area contributed by atoms with Crippen molar-refractivity contribution in [2.24, 2.45) is 0 Å². The molecule has 0 fully saturated rings. The van der Waals surface area contributed by atoms with Crippen LogP contribution in [-0.4, -0.2) is 32.4 Å². The van der Waals surface area contributed by atoms with E-state index in [1.54, 1.807) is 24.3 Å². The van der Waals surface area contributed by atoms with Gasteiger partial charge in [-0.05, 0) is 49.2 Å². The number of halogens is 1. The molecule has 0 radical (unpaired) electrons. The summed E-state index contributed by atoms with van der Waals surface area (Å²) >= 11 is 1.21. The number of anilines is 1. The number of nitrogens with one attached hydrogen (secondary N) is 1. The van der Waals surface area contributed by atoms with E-state index in [0.29, 0.717) is 41.1 Å². The average molecular weight is 415 g/mol. The van der Waals surface area contributed by atoms with E-state index in [1.165, 1.54) is 40.6 Å². The molecule has 0 aliphatic rings. The molecule has 8 heteroatoms. The monoisotopic (exact) mass is 415 g/mol. The Bertz CT molecular complexity index is 1050. The second-order valence-corrected chi connectivity index (χ2v) is 7.63. The van der Waals surface area contributed by atoms with Crippen LogP contribution >= 0.6 is 11.8 Å². The van der Waals surface area contributed by atoms with Gasteiger partial charge in [0.15, 0.2) is 5.16 Å². The van der Waals surface area contributed by atoms with Gasteiger partial charge < -0.3 is 10.4 Å². The standard InChI is InChI=1S/C21H22FN3O3S/c1-2-18(19(27)23-15-10-8-14(22)9-11-15)29-21-24-17-7-4-3-6-16(17)20(28)25(21)12-5-13-26/h3-4,6-11,18,26H,2,5,12-13H2,1H3,(H,23,27). The summed E-state index contributed by atoms with van der Waals surface area (Å²) in [4.78, 5) is 30.2. The van der Waals surface area contributed by atoms with Crippen LogP contribution in [0.3, 0.4) is 0 Å². The van der Waals surface area contributed by atoms with E-state index >= 15 is 0 Å². The third kappa shape index (κ3) is 5.02. The minimum absolute atomic E-state index is 0.0500. The molecule has 0 bridgehead atoms. The Morgan fingerprint density at radius 1 is 1.24 bits per heavy atom. The molecule has 2 aromatic carbocycles. The van der Waals surface area contributed by atoms with Gasteiger partial charge in [0, 0.05) is 18.8 Å². The Balaban J connectivity index is 1.90. The Morgan fingerprint density at radius 2 is 1.97 bits per heavy atom. The van der Waals surface area contributed by atoms with Crippen molar-refractivity contribution in [2.75, 3.05) is 11.9 Å². The Hall–Kier alpha value is -2.71. The van der Waals surface area contributed by atoms with E-state index in [0.717, 1.165) is 0 Å². The number of hydrogen-bond acceptors (Lipinski definition) is 5. The SMILES string of the molecule is CCC(Sc1nc2ccccc2c(=O)n1CCCO)C(=O)Nc1ccc(F)cc1. The molecule has 0 saturated carbocycles. The van der Waals surface area contributed by atoms with Crippen LogP contribution < -0.4 is 10.9 Å². The zero-order valence-corrected chi connectivity index (χ0v) is 16.8. The first-order chi connectivity index (χ1) is 14.0. The van der Waals surface area contributed by atoms with Crippen LogP contribution in [0.15, 0.2) is 58.5 Å². The molecule has 29 heavy (non-hydrogen) atoms. The number of aliphatic hydroxyl groups is 1. The average Bonchev–Trinajstić information content (AvgIpc) is 2.73. The highest BCUT2D eigenvalue weighted by atomic mass is 32.2. The van der Waals surface area contributed by atoms with Crippen molar-refractivity contribution >= 4 is 34.3 Å². The van der Waals surface area contributed by atoms with Crippen molar-refractivity contribution in [3.8, 4) is 0 Å². The number of aliphatic hydroxyl groups excluding tert-OH is 1. The lowest BCUT2D eigenvalue weighted by atomic mass is 10.2. The van der Waals surface area contributed by atoms with Gasteiger partial charge in [-0.15, -0.1) is 0 Å². The zero-order valence-electron chi connectivity index (χ0n) is 16.0. The van der Waals surface area contributed by atoms with Gasteiger partial charge in [-0.2, -0.15) is 0 Å². The maximum atomic E-state index is 13.1. The molecular weight excluding hydrogens is 393 g/mol. The zero-order chi connectivity index (χ0) is 20.8. The lowest BCUT2D eigenvalue weighted by Gasteiger charge is -2.18. The van der Waals surface area contributed by atoms with E-state index < -0.39 is 5.25 Å². The third-order valence-corrected chi connectivity index (χ3v) is 5.74. The number of fused-ring (bicyclic) bond motifs is 1. The van der Waals surface area contributed by atoms with Crippen molar-refractivity contribution in [3.63, 3.8) is 0 Å². The second kappa shape index (κ2) is 9.67. The van der Waals surface area contributed by atoms with E-state index in [1.807, 2.05) is 6.92 Å².